The highest BCUT2D eigenvalue weighted by Crippen LogP contribution is 2.34. The summed E-state index contributed by atoms with van der Waals surface area (Å²) in [4.78, 5) is 2.54. The Kier molecular flexibility index (Phi) is 5.98. The molecule has 17 heavy (non-hydrogen) atoms. The summed E-state index contributed by atoms with van der Waals surface area (Å²) in [5.74, 6) is 1.79. The van der Waals surface area contributed by atoms with Gasteiger partial charge in [-0.25, -0.2) is 0 Å². The van der Waals surface area contributed by atoms with Crippen LogP contribution in [0.15, 0.2) is 0 Å². The lowest BCUT2D eigenvalue weighted by molar-refractivity contribution is 0.0936. The Hall–Kier alpha value is -0.550. The molecule has 98 valence electrons. The van der Waals surface area contributed by atoms with Gasteiger partial charge in [0.05, 0.1) is 12.0 Å². The average Bonchev–Trinajstić information content (AvgIpc) is 2.34. The lowest BCUT2D eigenvalue weighted by Gasteiger charge is -2.40. The highest BCUT2D eigenvalue weighted by Gasteiger charge is 2.33. The van der Waals surface area contributed by atoms with E-state index >= 15 is 0 Å². The third-order valence-corrected chi connectivity index (χ3v) is 4.14. The monoisotopic (exact) mass is 236 g/mol. The predicted octanol–water partition coefficient (Wildman–Crippen LogP) is 3.68. The average molecular weight is 236 g/mol. The van der Waals surface area contributed by atoms with E-state index in [1.54, 1.807) is 0 Å². The first-order valence-corrected chi connectivity index (χ1v) is 7.25. The van der Waals surface area contributed by atoms with Crippen molar-refractivity contribution in [2.24, 2.45) is 17.8 Å². The number of hydrogen-bond donors (Lipinski definition) is 0. The van der Waals surface area contributed by atoms with Gasteiger partial charge < -0.3 is 0 Å². The number of rotatable bonds is 5. The van der Waals surface area contributed by atoms with E-state index in [2.05, 4.69) is 38.7 Å². The van der Waals surface area contributed by atoms with Crippen LogP contribution in [0.5, 0.6) is 0 Å². The van der Waals surface area contributed by atoms with E-state index in [4.69, 9.17) is 0 Å². The molecule has 0 N–H and O–H groups in total. The maximum Gasteiger partial charge on any atom is 0.0672 e. The zero-order chi connectivity index (χ0) is 12.8. The second kappa shape index (κ2) is 7.01. The lowest BCUT2D eigenvalue weighted by atomic mass is 9.77. The number of hydrogen-bond acceptors (Lipinski definition) is 2. The standard InChI is InChI=1S/C15H28N2/c1-5-13-7-8-14(10-16)15(9-13)17(6-2)11-12(3)4/h12-15H,5-9,11H2,1-4H3. The summed E-state index contributed by atoms with van der Waals surface area (Å²) in [6.07, 6.45) is 4.86. The highest BCUT2D eigenvalue weighted by molar-refractivity contribution is 4.97. The lowest BCUT2D eigenvalue weighted by Crippen LogP contribution is -2.45. The first-order chi connectivity index (χ1) is 8.12. The van der Waals surface area contributed by atoms with Crippen LogP contribution in [-0.2, 0) is 0 Å². The second-order valence-corrected chi connectivity index (χ2v) is 5.87. The second-order valence-electron chi connectivity index (χ2n) is 5.87. The molecule has 0 aromatic rings. The van der Waals surface area contributed by atoms with E-state index < -0.39 is 0 Å². The van der Waals surface area contributed by atoms with Crippen LogP contribution < -0.4 is 0 Å². The van der Waals surface area contributed by atoms with E-state index in [9.17, 15) is 5.26 Å². The van der Waals surface area contributed by atoms with Gasteiger partial charge in [-0.1, -0.05) is 34.1 Å². The molecule has 3 unspecified atom stereocenters. The van der Waals surface area contributed by atoms with Gasteiger partial charge in [-0.05, 0) is 37.6 Å². The molecule has 1 aliphatic rings. The van der Waals surface area contributed by atoms with Gasteiger partial charge in [0.25, 0.3) is 0 Å². The smallest absolute Gasteiger partial charge is 0.0672 e. The normalized spacial score (nSPS) is 29.6. The summed E-state index contributed by atoms with van der Waals surface area (Å²) in [6.45, 7) is 11.3. The van der Waals surface area contributed by atoms with Crippen molar-refractivity contribution < 1.29 is 0 Å². The SMILES string of the molecule is CCC1CCC(C#N)C(N(CC)CC(C)C)C1. The third-order valence-electron chi connectivity index (χ3n) is 4.14. The molecular formula is C15H28N2. The Morgan fingerprint density at radius 1 is 1.29 bits per heavy atom. The third kappa shape index (κ3) is 4.00. The molecule has 0 aliphatic heterocycles. The van der Waals surface area contributed by atoms with Crippen LogP contribution in [0, 0.1) is 29.1 Å². The van der Waals surface area contributed by atoms with Crippen molar-refractivity contribution >= 4 is 0 Å². The summed E-state index contributed by atoms with van der Waals surface area (Å²) < 4.78 is 0. The predicted molar refractivity (Wildman–Crippen MR) is 72.6 cm³/mol. The van der Waals surface area contributed by atoms with Gasteiger partial charge in [-0.2, -0.15) is 5.26 Å². The molecule has 0 aromatic carbocycles. The zero-order valence-corrected chi connectivity index (χ0v) is 11.9. The van der Waals surface area contributed by atoms with Crippen LogP contribution in [0.4, 0.5) is 0 Å². The van der Waals surface area contributed by atoms with Gasteiger partial charge in [-0.15, -0.1) is 0 Å². The van der Waals surface area contributed by atoms with E-state index in [0.717, 1.165) is 25.4 Å². The molecule has 1 saturated carbocycles. The van der Waals surface area contributed by atoms with E-state index in [0.29, 0.717) is 12.0 Å². The van der Waals surface area contributed by atoms with Gasteiger partial charge >= 0.3 is 0 Å². The first-order valence-electron chi connectivity index (χ1n) is 7.25. The Morgan fingerprint density at radius 2 is 2.00 bits per heavy atom. The summed E-state index contributed by atoms with van der Waals surface area (Å²) in [6, 6.07) is 3.05. The Morgan fingerprint density at radius 3 is 2.47 bits per heavy atom. The van der Waals surface area contributed by atoms with E-state index in [-0.39, 0.29) is 5.92 Å². The molecule has 1 rings (SSSR count). The molecule has 1 aliphatic carbocycles. The van der Waals surface area contributed by atoms with Crippen LogP contribution in [0.2, 0.25) is 0 Å². The van der Waals surface area contributed by atoms with Gasteiger partial charge in [-0.3, -0.25) is 4.90 Å². The summed E-state index contributed by atoms with van der Waals surface area (Å²) >= 11 is 0. The van der Waals surface area contributed by atoms with Gasteiger partial charge in [0.15, 0.2) is 0 Å². The minimum Gasteiger partial charge on any atom is -0.299 e. The van der Waals surface area contributed by atoms with Gasteiger partial charge in [0.2, 0.25) is 0 Å². The molecule has 1 fully saturated rings. The molecule has 0 amide bonds. The molecule has 0 bridgehead atoms. The minimum atomic E-state index is 0.261. The van der Waals surface area contributed by atoms with Crippen molar-refractivity contribution in [2.75, 3.05) is 13.1 Å². The first kappa shape index (κ1) is 14.5. The largest absolute Gasteiger partial charge is 0.299 e. The van der Waals surface area contributed by atoms with Gasteiger partial charge in [0, 0.05) is 12.6 Å². The van der Waals surface area contributed by atoms with Crippen molar-refractivity contribution in [1.82, 2.24) is 4.90 Å². The van der Waals surface area contributed by atoms with Crippen LogP contribution in [0.3, 0.4) is 0 Å². The van der Waals surface area contributed by atoms with Crippen LogP contribution >= 0.6 is 0 Å². The fourth-order valence-corrected chi connectivity index (χ4v) is 3.12. The Bertz CT molecular complexity index is 254. The van der Waals surface area contributed by atoms with Crippen LogP contribution in [0.1, 0.15) is 53.4 Å². The quantitative estimate of drug-likeness (QED) is 0.728. The summed E-state index contributed by atoms with van der Waals surface area (Å²) in [5, 5.41) is 9.32. The van der Waals surface area contributed by atoms with Crippen molar-refractivity contribution in [3.63, 3.8) is 0 Å². The summed E-state index contributed by atoms with van der Waals surface area (Å²) in [7, 11) is 0. The molecule has 0 spiro atoms. The van der Waals surface area contributed by atoms with Crippen molar-refractivity contribution in [3.05, 3.63) is 0 Å². The Labute approximate surface area is 107 Å². The molecule has 0 radical (unpaired) electrons. The zero-order valence-electron chi connectivity index (χ0n) is 11.9. The molecule has 3 atom stereocenters. The Balaban J connectivity index is 2.70. The molecular weight excluding hydrogens is 208 g/mol. The fourth-order valence-electron chi connectivity index (χ4n) is 3.12. The molecule has 0 heterocycles. The maximum absolute atomic E-state index is 9.32. The molecule has 0 aromatic heterocycles. The minimum absolute atomic E-state index is 0.261. The topological polar surface area (TPSA) is 27.0 Å². The van der Waals surface area contributed by atoms with Crippen molar-refractivity contribution in [1.29, 1.82) is 5.26 Å². The van der Waals surface area contributed by atoms with E-state index in [1.807, 2.05) is 0 Å². The fraction of sp³-hybridized carbons (Fsp3) is 0.933. The van der Waals surface area contributed by atoms with Crippen molar-refractivity contribution in [3.8, 4) is 6.07 Å². The van der Waals surface area contributed by atoms with Crippen LogP contribution in [-0.4, -0.2) is 24.0 Å². The van der Waals surface area contributed by atoms with Crippen LogP contribution in [0.25, 0.3) is 0 Å². The number of nitrogens with zero attached hydrogens (tertiary/aromatic N) is 2. The number of nitriles is 1. The van der Waals surface area contributed by atoms with E-state index in [1.165, 1.54) is 19.3 Å². The van der Waals surface area contributed by atoms with Crippen molar-refractivity contribution in [2.45, 2.75) is 59.4 Å². The summed E-state index contributed by atoms with van der Waals surface area (Å²) in [5.41, 5.74) is 0. The highest BCUT2D eigenvalue weighted by atomic mass is 15.2. The van der Waals surface area contributed by atoms with Gasteiger partial charge in [0.1, 0.15) is 0 Å². The molecule has 0 saturated heterocycles. The molecule has 2 nitrogen and oxygen atoms in total. The molecule has 2 heteroatoms. The maximum atomic E-state index is 9.32.